The summed E-state index contributed by atoms with van der Waals surface area (Å²) in [6.07, 6.45) is 0. The van der Waals surface area contributed by atoms with Crippen molar-refractivity contribution in [3.8, 4) is 0 Å². The van der Waals surface area contributed by atoms with Gasteiger partial charge >= 0.3 is 29.6 Å². The predicted octanol–water partition coefficient (Wildman–Crippen LogP) is -5.40. The quantitative estimate of drug-likeness (QED) is 0.346. The van der Waals surface area contributed by atoms with Gasteiger partial charge in [-0.25, -0.2) is 0 Å². The summed E-state index contributed by atoms with van der Waals surface area (Å²) in [4.78, 5) is 0. The fourth-order valence-electron chi connectivity index (χ4n) is 0. The second-order valence-corrected chi connectivity index (χ2v) is 0.603. The van der Waals surface area contributed by atoms with Gasteiger partial charge in [0, 0.05) is 4.66 Å². The van der Waals surface area contributed by atoms with E-state index in [0.29, 0.717) is 0 Å². The second-order valence-electron chi connectivity index (χ2n) is 0.201. The van der Waals surface area contributed by atoms with Crippen LogP contribution < -0.4 is 38.9 Å². The summed E-state index contributed by atoms with van der Waals surface area (Å²) in [7, 11) is -2.60. The van der Waals surface area contributed by atoms with E-state index in [1.807, 2.05) is 0 Å². The molecule has 3 nitrogen and oxygen atoms in total. The zero-order chi connectivity index (χ0) is 3.58. The van der Waals surface area contributed by atoms with Gasteiger partial charge in [-0.2, -0.15) is 0 Å². The van der Waals surface area contributed by atoms with E-state index in [0.717, 1.165) is 0 Å². The Hall–Kier alpha value is 1.46. The summed E-state index contributed by atoms with van der Waals surface area (Å²) in [5.74, 6) is 0. The third-order valence-electron chi connectivity index (χ3n) is 0. The Labute approximate surface area is 67.9 Å². The van der Waals surface area contributed by atoms with Crippen molar-refractivity contribution in [2.24, 2.45) is 0 Å². The molecular weight excluding hydrogens is 142 g/mol. The smallest absolute Gasteiger partial charge is 1.00 e. The van der Waals surface area contributed by atoms with E-state index in [1.54, 1.807) is 0 Å². The molecule has 6 heavy (non-hydrogen) atoms. The molecule has 0 fully saturated rings. The molecule has 0 saturated heterocycles. The van der Waals surface area contributed by atoms with Gasteiger partial charge in [0.05, 0.1) is 0 Å². The van der Waals surface area contributed by atoms with Crippen LogP contribution >= 0.6 is 12.4 Å². The Morgan fingerprint density at radius 3 is 1.50 bits per heavy atom. The number of hydrogen-bond acceptors (Lipinski definition) is 3. The van der Waals surface area contributed by atoms with Gasteiger partial charge in [0.2, 0.25) is 0 Å². The van der Waals surface area contributed by atoms with Gasteiger partial charge < -0.3 is 10.7 Å². The van der Waals surface area contributed by atoms with Crippen LogP contribution in [0.1, 0.15) is 1.43 Å². The van der Waals surface area contributed by atoms with Crippen molar-refractivity contribution in [2.75, 3.05) is 0 Å². The number of hydrogen-bond donors (Lipinski definition) is 1. The molecule has 1 N–H and O–H groups in total. The zero-order valence-corrected chi connectivity index (χ0v) is 6.62. The average molecular weight is 145 g/mol. The molecule has 0 atom stereocenters. The van der Waals surface area contributed by atoms with Crippen LogP contribution in [-0.4, -0.2) is 4.66 Å². The standard InChI is InChI=1S/ClHO3.ClH.Na.H/c2-1(3)4;;;/h2H;1H;;/q;;+1;-1. The number of rotatable bonds is 0. The third kappa shape index (κ3) is 51.0. The summed E-state index contributed by atoms with van der Waals surface area (Å²) in [6, 6.07) is 0. The van der Waals surface area contributed by atoms with Crippen molar-refractivity contribution in [1.82, 2.24) is 0 Å². The molecule has 6 heteroatoms. The Kier molecular flexibility index (Phi) is 25.3. The van der Waals surface area contributed by atoms with E-state index in [-0.39, 0.29) is 43.4 Å². The molecule has 0 saturated carbocycles. The normalized spacial score (nSPS) is 6.00. The molecule has 0 heterocycles. The van der Waals surface area contributed by atoms with Crippen LogP contribution in [0.2, 0.25) is 0 Å². The first-order valence-electron chi connectivity index (χ1n) is 0.478. The average Bonchev–Trinajstić information content (AvgIpc) is 0.811. The molecule has 0 unspecified atom stereocenters. The van der Waals surface area contributed by atoms with Gasteiger partial charge in [-0.05, 0) is 0 Å². The van der Waals surface area contributed by atoms with Crippen molar-refractivity contribution in [2.45, 2.75) is 0 Å². The molecule has 0 aliphatic rings. The van der Waals surface area contributed by atoms with Crippen LogP contribution in [0.25, 0.3) is 0 Å². The van der Waals surface area contributed by atoms with Crippen molar-refractivity contribution < 1.29 is 55.7 Å². The van der Waals surface area contributed by atoms with E-state index >= 15 is 0 Å². The summed E-state index contributed by atoms with van der Waals surface area (Å²) in [5.41, 5.74) is 0. The first-order valence-corrected chi connectivity index (χ1v) is 1.43. The maximum Gasteiger partial charge on any atom is 1.00 e. The minimum atomic E-state index is -2.60. The van der Waals surface area contributed by atoms with Crippen LogP contribution in [0.5, 0.6) is 0 Å². The van der Waals surface area contributed by atoms with Gasteiger partial charge in [0.15, 0.2) is 0 Å². The van der Waals surface area contributed by atoms with Crippen LogP contribution in [0.4, 0.5) is 0 Å². The van der Waals surface area contributed by atoms with Gasteiger partial charge in [0.25, 0.3) is 10.8 Å². The van der Waals surface area contributed by atoms with Crippen LogP contribution in [-0.2, 0) is 0 Å². The summed E-state index contributed by atoms with van der Waals surface area (Å²) in [6.45, 7) is 0. The zero-order valence-electron chi connectivity index (χ0n) is 4.05. The fraction of sp³-hybridized carbons (Fsp3) is 0. The monoisotopic (exact) mass is 144 g/mol. The fourth-order valence-corrected chi connectivity index (χ4v) is 0. The van der Waals surface area contributed by atoms with Gasteiger partial charge in [-0.1, -0.05) is 0 Å². The van der Waals surface area contributed by atoms with E-state index in [2.05, 4.69) is 0 Å². The van der Waals surface area contributed by atoms with E-state index in [9.17, 15) is 0 Å². The summed E-state index contributed by atoms with van der Waals surface area (Å²) in [5, 5.41) is 0. The third-order valence-corrected chi connectivity index (χ3v) is 0. The minimum Gasteiger partial charge on any atom is -1.00 e. The van der Waals surface area contributed by atoms with Gasteiger partial charge in [0.1, 0.15) is 0 Å². The van der Waals surface area contributed by atoms with Crippen LogP contribution in [0.15, 0.2) is 0 Å². The minimum absolute atomic E-state index is 0. The molecule has 36 valence electrons. The van der Waals surface area contributed by atoms with Crippen molar-refractivity contribution in [3.05, 3.63) is 0 Å². The van der Waals surface area contributed by atoms with E-state index in [1.165, 1.54) is 0 Å². The SMILES string of the molecule is Cl.[H-].[Na+].[O-][Cl+2]([O-])O. The van der Waals surface area contributed by atoms with Crippen molar-refractivity contribution in [3.63, 3.8) is 0 Å². The topological polar surface area (TPSA) is 66.3 Å². The molecule has 0 radical (unpaired) electrons. The van der Waals surface area contributed by atoms with E-state index < -0.39 is 10.8 Å². The molecule has 0 aromatic rings. The van der Waals surface area contributed by atoms with Gasteiger partial charge in [-0.3, -0.25) is 0 Å². The molecule has 0 aromatic carbocycles. The molecule has 0 rings (SSSR count). The van der Waals surface area contributed by atoms with Gasteiger partial charge in [-0.15, -0.1) is 12.4 Å². The Bertz CT molecular complexity index is 17.7. The van der Waals surface area contributed by atoms with Crippen LogP contribution in [0.3, 0.4) is 0 Å². The first kappa shape index (κ1) is 15.7. The number of halogens is 2. The summed E-state index contributed by atoms with van der Waals surface area (Å²) < 4.78 is 24.0. The maximum atomic E-state index is 8.52. The predicted molar refractivity (Wildman–Crippen MR) is 10.6 cm³/mol. The molecule has 0 aliphatic carbocycles. The molecule has 0 amide bonds. The molecule has 0 aromatic heterocycles. The summed E-state index contributed by atoms with van der Waals surface area (Å²) >= 11 is 0. The Balaban J connectivity index is -0.0000000150. The first-order chi connectivity index (χ1) is 1.73. The maximum absolute atomic E-state index is 8.52. The van der Waals surface area contributed by atoms with Crippen LogP contribution in [0, 0.1) is 10.8 Å². The molecule has 0 spiro atoms. The van der Waals surface area contributed by atoms with E-state index in [4.69, 9.17) is 14.0 Å². The Morgan fingerprint density at radius 1 is 1.50 bits per heavy atom. The molecule has 0 bridgehead atoms. The molecule has 0 aliphatic heterocycles. The second kappa shape index (κ2) is 9.68. The largest absolute Gasteiger partial charge is 1.00 e. The van der Waals surface area contributed by atoms with Crippen molar-refractivity contribution in [1.29, 1.82) is 0 Å². The molecular formula is H3Cl2NaO3. The van der Waals surface area contributed by atoms with Crippen molar-refractivity contribution >= 4 is 12.4 Å². The Morgan fingerprint density at radius 2 is 1.50 bits per heavy atom.